The number of fused-ring (bicyclic) bond motifs is 1. The van der Waals surface area contributed by atoms with Crippen LogP contribution in [0.4, 0.5) is 0 Å². The molecule has 4 nitrogen and oxygen atoms in total. The van der Waals surface area contributed by atoms with Gasteiger partial charge in [0, 0.05) is 5.56 Å². The van der Waals surface area contributed by atoms with Crippen LogP contribution in [-0.2, 0) is 11.3 Å². The summed E-state index contributed by atoms with van der Waals surface area (Å²) < 4.78 is 10.3. The van der Waals surface area contributed by atoms with Gasteiger partial charge in [0.1, 0.15) is 12.4 Å². The zero-order valence-electron chi connectivity index (χ0n) is 10.5. The van der Waals surface area contributed by atoms with E-state index >= 15 is 0 Å². The Labute approximate surface area is 101 Å². The number of methoxy groups -OCH3 is 1. The van der Waals surface area contributed by atoms with Gasteiger partial charge in [-0.2, -0.15) is 0 Å². The molecule has 0 radical (unpaired) electrons. The van der Waals surface area contributed by atoms with Crippen LogP contribution in [0.5, 0.6) is 5.75 Å². The van der Waals surface area contributed by atoms with Crippen LogP contribution in [0.3, 0.4) is 0 Å². The third-order valence-electron chi connectivity index (χ3n) is 3.10. The fraction of sp³-hybridized carbons (Fsp3) is 0.417. The van der Waals surface area contributed by atoms with Crippen molar-refractivity contribution in [1.82, 2.24) is 0 Å². The maximum Gasteiger partial charge on any atom is 0.338 e. The molecule has 1 aromatic rings. The van der Waals surface area contributed by atoms with E-state index in [1.54, 1.807) is 26.3 Å². The number of esters is 1. The number of hydrogen-bond donors (Lipinski definition) is 1. The van der Waals surface area contributed by atoms with E-state index in [0.29, 0.717) is 16.5 Å². The van der Waals surface area contributed by atoms with Crippen LogP contribution in [0.25, 0.3) is 0 Å². The molecule has 0 amide bonds. The average Bonchev–Trinajstić information content (AvgIpc) is 2.60. The first-order valence-corrected chi connectivity index (χ1v) is 8.41. The van der Waals surface area contributed by atoms with E-state index in [-0.39, 0.29) is 12.6 Å². The molecule has 0 saturated carbocycles. The Morgan fingerprint density at radius 1 is 1.47 bits per heavy atom. The topological polar surface area (TPSA) is 55.8 Å². The van der Waals surface area contributed by atoms with Crippen LogP contribution in [0.2, 0.25) is 13.1 Å². The van der Waals surface area contributed by atoms with Gasteiger partial charge in [-0.25, -0.2) is 4.79 Å². The number of carbonyl (C=O) groups excluding carboxylic acids is 1. The molecule has 0 fully saturated rings. The highest BCUT2D eigenvalue weighted by molar-refractivity contribution is 6.84. The van der Waals surface area contributed by atoms with Crippen LogP contribution in [0.1, 0.15) is 21.5 Å². The summed E-state index contributed by atoms with van der Waals surface area (Å²) in [6.45, 7) is 5.73. The van der Waals surface area contributed by atoms with Gasteiger partial charge in [-0.15, -0.1) is 0 Å². The average molecular weight is 252 g/mol. The van der Waals surface area contributed by atoms with Crippen molar-refractivity contribution in [2.75, 3.05) is 7.11 Å². The first-order chi connectivity index (χ1) is 7.86. The minimum atomic E-state index is -2.58. The monoisotopic (exact) mass is 252 g/mol. The highest BCUT2D eigenvalue weighted by Gasteiger charge is 2.35. The largest absolute Gasteiger partial charge is 0.496 e. The van der Waals surface area contributed by atoms with Crippen LogP contribution >= 0.6 is 0 Å². The van der Waals surface area contributed by atoms with Crippen molar-refractivity contribution in [3.05, 3.63) is 22.8 Å². The molecule has 2 rings (SSSR count). The van der Waals surface area contributed by atoms with Gasteiger partial charge in [-0.3, -0.25) is 0 Å². The fourth-order valence-corrected chi connectivity index (χ4v) is 3.48. The summed E-state index contributed by atoms with van der Waals surface area (Å²) in [5.74, 6) is 0.363. The lowest BCUT2D eigenvalue weighted by molar-refractivity contribution is 0.0535. The van der Waals surface area contributed by atoms with E-state index in [0.717, 1.165) is 11.1 Å². The van der Waals surface area contributed by atoms with E-state index in [9.17, 15) is 9.59 Å². The number of hydrogen-bond acceptors (Lipinski definition) is 4. The fourth-order valence-electron chi connectivity index (χ4n) is 2.13. The van der Waals surface area contributed by atoms with Crippen LogP contribution in [0.15, 0.2) is 6.07 Å². The van der Waals surface area contributed by atoms with Gasteiger partial charge in [0.2, 0.25) is 8.32 Å². The molecule has 92 valence electrons. The Balaban J connectivity index is 2.76. The highest BCUT2D eigenvalue weighted by Crippen LogP contribution is 2.30. The lowest BCUT2D eigenvalue weighted by Gasteiger charge is -2.19. The van der Waals surface area contributed by atoms with Crippen molar-refractivity contribution in [1.29, 1.82) is 0 Å². The van der Waals surface area contributed by atoms with Crippen molar-refractivity contribution in [3.63, 3.8) is 0 Å². The second-order valence-corrected chi connectivity index (χ2v) is 8.40. The molecular formula is C12H16O4Si. The third-order valence-corrected chi connectivity index (χ3v) is 4.81. The lowest BCUT2D eigenvalue weighted by Crippen LogP contribution is -2.44. The number of rotatable bonds is 2. The van der Waals surface area contributed by atoms with E-state index in [1.807, 2.05) is 6.92 Å². The SMILES string of the molecule is COc1cc([Si](C)(C)O)c2c(c1C)COC2=O. The molecule has 0 spiro atoms. The molecule has 1 aliphatic rings. The van der Waals surface area contributed by atoms with Gasteiger partial charge >= 0.3 is 5.97 Å². The summed E-state index contributed by atoms with van der Waals surface area (Å²) in [5, 5.41) is 0.692. The maximum absolute atomic E-state index is 11.7. The van der Waals surface area contributed by atoms with Gasteiger partial charge in [0.25, 0.3) is 0 Å². The highest BCUT2D eigenvalue weighted by atomic mass is 28.4. The summed E-state index contributed by atoms with van der Waals surface area (Å²) in [4.78, 5) is 22.0. The Kier molecular flexibility index (Phi) is 2.75. The van der Waals surface area contributed by atoms with Crippen LogP contribution < -0.4 is 9.92 Å². The Hall–Kier alpha value is -1.33. The van der Waals surface area contributed by atoms with E-state index in [1.165, 1.54) is 0 Å². The van der Waals surface area contributed by atoms with Crippen molar-refractivity contribution >= 4 is 19.5 Å². The van der Waals surface area contributed by atoms with Gasteiger partial charge in [-0.05, 0) is 36.8 Å². The van der Waals surface area contributed by atoms with Gasteiger partial charge < -0.3 is 14.3 Å². The molecule has 1 heterocycles. The molecule has 0 unspecified atom stereocenters. The number of benzene rings is 1. The molecule has 5 heteroatoms. The number of carbonyl (C=O) groups is 1. The van der Waals surface area contributed by atoms with Gasteiger partial charge in [0.15, 0.2) is 0 Å². The van der Waals surface area contributed by atoms with E-state index < -0.39 is 8.32 Å². The van der Waals surface area contributed by atoms with Gasteiger partial charge in [-0.1, -0.05) is 0 Å². The Morgan fingerprint density at radius 2 is 2.12 bits per heavy atom. The molecule has 1 aromatic carbocycles. The standard InChI is InChI=1S/C12H16O4Si/c1-7-8-6-16-12(13)11(8)10(17(3,4)14)5-9(7)15-2/h5,14H,6H2,1-4H3. The zero-order chi connectivity index (χ0) is 12.8. The van der Waals surface area contributed by atoms with E-state index in [2.05, 4.69) is 0 Å². The molecule has 0 bridgehead atoms. The maximum atomic E-state index is 11.7. The molecule has 0 aromatic heterocycles. The molecule has 0 aliphatic carbocycles. The first-order valence-electron chi connectivity index (χ1n) is 5.46. The molecule has 0 saturated heterocycles. The Bertz CT molecular complexity index is 488. The number of ether oxygens (including phenoxy) is 2. The van der Waals surface area contributed by atoms with Crippen molar-refractivity contribution in [2.45, 2.75) is 26.6 Å². The van der Waals surface area contributed by atoms with Crippen molar-refractivity contribution < 1.29 is 19.1 Å². The quantitative estimate of drug-likeness (QED) is 0.632. The molecule has 17 heavy (non-hydrogen) atoms. The lowest BCUT2D eigenvalue weighted by atomic mass is 10.0. The summed E-state index contributed by atoms with van der Waals surface area (Å²) in [6, 6.07) is 1.77. The normalized spacial score (nSPS) is 14.5. The van der Waals surface area contributed by atoms with E-state index in [4.69, 9.17) is 9.47 Å². The molecule has 1 N–H and O–H groups in total. The predicted octanol–water partition coefficient (Wildman–Crippen LogP) is 1.08. The zero-order valence-corrected chi connectivity index (χ0v) is 11.5. The van der Waals surface area contributed by atoms with Crippen molar-refractivity contribution in [2.24, 2.45) is 0 Å². The first kappa shape index (κ1) is 12.1. The smallest absolute Gasteiger partial charge is 0.338 e. The van der Waals surface area contributed by atoms with Crippen molar-refractivity contribution in [3.8, 4) is 5.75 Å². The minimum Gasteiger partial charge on any atom is -0.496 e. The van der Waals surface area contributed by atoms with Crippen LogP contribution in [-0.4, -0.2) is 26.2 Å². The summed E-state index contributed by atoms with van der Waals surface area (Å²) in [7, 11) is -0.998. The summed E-state index contributed by atoms with van der Waals surface area (Å²) >= 11 is 0. The third kappa shape index (κ3) is 1.85. The minimum absolute atomic E-state index is 0.272. The summed E-state index contributed by atoms with van der Waals surface area (Å²) in [5.41, 5.74) is 2.30. The second-order valence-electron chi connectivity index (χ2n) is 4.74. The predicted molar refractivity (Wildman–Crippen MR) is 66.2 cm³/mol. The second kappa shape index (κ2) is 3.85. The van der Waals surface area contributed by atoms with Crippen LogP contribution in [0, 0.1) is 6.92 Å². The molecule has 0 atom stereocenters. The molecule has 1 aliphatic heterocycles. The Morgan fingerprint density at radius 3 is 2.65 bits per heavy atom. The summed E-state index contributed by atoms with van der Waals surface area (Å²) in [6.07, 6.45) is 0. The van der Waals surface area contributed by atoms with Gasteiger partial charge in [0.05, 0.1) is 12.7 Å². The number of cyclic esters (lactones) is 1. The molecular weight excluding hydrogens is 236 g/mol.